The first-order valence-electron chi connectivity index (χ1n) is 6.66. The third-order valence-corrected chi connectivity index (χ3v) is 3.82. The molecule has 1 saturated carbocycles. The Morgan fingerprint density at radius 1 is 1.56 bits per heavy atom. The van der Waals surface area contributed by atoms with Crippen LogP contribution in [0.3, 0.4) is 0 Å². The van der Waals surface area contributed by atoms with E-state index in [1.54, 1.807) is 17.0 Å². The van der Waals surface area contributed by atoms with Crippen LogP contribution in [-0.4, -0.2) is 28.0 Å². The number of rotatable bonds is 6. The van der Waals surface area contributed by atoms with E-state index in [0.717, 1.165) is 25.8 Å². The largest absolute Gasteiger partial charge is 0.349 e. The fourth-order valence-electron chi connectivity index (χ4n) is 2.27. The van der Waals surface area contributed by atoms with Gasteiger partial charge in [0, 0.05) is 37.4 Å². The van der Waals surface area contributed by atoms with Gasteiger partial charge in [-0.05, 0) is 32.6 Å². The molecule has 0 amide bonds. The molecule has 1 heterocycles. The smallest absolute Gasteiger partial charge is 0.293 e. The van der Waals surface area contributed by atoms with Crippen molar-refractivity contribution in [1.29, 1.82) is 0 Å². The van der Waals surface area contributed by atoms with Crippen LogP contribution in [0.15, 0.2) is 17.2 Å². The molecule has 4 nitrogen and oxygen atoms in total. The van der Waals surface area contributed by atoms with Gasteiger partial charge < -0.3 is 9.47 Å². The quantitative estimate of drug-likeness (QED) is 0.744. The van der Waals surface area contributed by atoms with Crippen LogP contribution in [0.2, 0.25) is 0 Å². The van der Waals surface area contributed by atoms with Gasteiger partial charge in [-0.25, -0.2) is 4.98 Å². The van der Waals surface area contributed by atoms with E-state index >= 15 is 0 Å². The lowest BCUT2D eigenvalue weighted by atomic mass is 9.91. The maximum atomic E-state index is 12.3. The normalized spacial score (nSPS) is 15.4. The zero-order chi connectivity index (χ0) is 13.0. The highest BCUT2D eigenvalue weighted by Crippen LogP contribution is 2.27. The van der Waals surface area contributed by atoms with E-state index in [1.165, 1.54) is 6.42 Å². The molecule has 18 heavy (non-hydrogen) atoms. The first-order valence-corrected chi connectivity index (χ1v) is 7.19. The van der Waals surface area contributed by atoms with Crippen molar-refractivity contribution < 1.29 is 0 Å². The second kappa shape index (κ2) is 6.23. The molecule has 0 radical (unpaired) electrons. The highest BCUT2D eigenvalue weighted by Gasteiger charge is 2.27. The third-order valence-electron chi connectivity index (χ3n) is 3.56. The maximum absolute atomic E-state index is 12.3. The monoisotopic (exact) mass is 269 g/mol. The van der Waals surface area contributed by atoms with E-state index in [-0.39, 0.29) is 5.56 Å². The van der Waals surface area contributed by atoms with Crippen molar-refractivity contribution in [3.63, 3.8) is 0 Å². The lowest BCUT2D eigenvalue weighted by Crippen LogP contribution is -2.45. The lowest BCUT2D eigenvalue weighted by Gasteiger charge is -2.38. The topological polar surface area (TPSA) is 38.1 Å². The summed E-state index contributed by atoms with van der Waals surface area (Å²) < 4.78 is 1.70. The Kier molecular flexibility index (Phi) is 4.64. The fraction of sp³-hybridized carbons (Fsp3) is 0.692. The summed E-state index contributed by atoms with van der Waals surface area (Å²) in [5, 5.41) is 0. The molecule has 0 aliphatic heterocycles. The summed E-state index contributed by atoms with van der Waals surface area (Å²) in [5.74, 6) is 1.21. The Labute approximate surface area is 113 Å². The van der Waals surface area contributed by atoms with Crippen LogP contribution in [0.1, 0.15) is 32.6 Å². The molecule has 1 aliphatic carbocycles. The van der Waals surface area contributed by atoms with Crippen molar-refractivity contribution in [3.8, 4) is 0 Å². The molecule has 0 N–H and O–H groups in total. The van der Waals surface area contributed by atoms with Gasteiger partial charge in [0.05, 0.1) is 0 Å². The molecule has 1 aliphatic rings. The molecule has 1 aromatic heterocycles. The number of aryl methyl sites for hydroxylation is 1. The number of hydrogen-bond acceptors (Lipinski definition) is 3. The van der Waals surface area contributed by atoms with Crippen LogP contribution in [0.25, 0.3) is 0 Å². The zero-order valence-corrected chi connectivity index (χ0v) is 11.6. The van der Waals surface area contributed by atoms with E-state index in [2.05, 4.69) is 9.88 Å². The van der Waals surface area contributed by atoms with Gasteiger partial charge in [-0.3, -0.25) is 4.79 Å². The van der Waals surface area contributed by atoms with Crippen LogP contribution < -0.4 is 10.5 Å². The molecule has 0 unspecified atom stereocenters. The summed E-state index contributed by atoms with van der Waals surface area (Å²) in [6.07, 6.45) is 7.91. The molecule has 1 fully saturated rings. The first-order chi connectivity index (χ1) is 8.77. The van der Waals surface area contributed by atoms with Crippen LogP contribution in [0.4, 0.5) is 5.82 Å². The molecule has 0 bridgehead atoms. The lowest BCUT2D eigenvalue weighted by molar-refractivity contribution is 0.382. The van der Waals surface area contributed by atoms with Crippen LogP contribution in [0, 0.1) is 0 Å². The van der Waals surface area contributed by atoms with Gasteiger partial charge in [0.25, 0.3) is 5.56 Å². The molecule has 2 rings (SSSR count). The predicted octanol–water partition coefficient (Wildman–Crippen LogP) is 2.25. The van der Waals surface area contributed by atoms with Crippen molar-refractivity contribution in [3.05, 3.63) is 22.7 Å². The summed E-state index contributed by atoms with van der Waals surface area (Å²) >= 11 is 5.77. The summed E-state index contributed by atoms with van der Waals surface area (Å²) in [6, 6.07) is 0.473. The van der Waals surface area contributed by atoms with Gasteiger partial charge in [-0.1, -0.05) is 0 Å². The Bertz CT molecular complexity index is 442. The predicted molar refractivity (Wildman–Crippen MR) is 74.5 cm³/mol. The molecule has 5 heteroatoms. The Balaban J connectivity index is 2.26. The molecule has 0 atom stereocenters. The molecule has 0 saturated heterocycles. The number of hydrogen-bond donors (Lipinski definition) is 0. The van der Waals surface area contributed by atoms with Crippen LogP contribution >= 0.6 is 11.6 Å². The van der Waals surface area contributed by atoms with Crippen molar-refractivity contribution in [2.45, 2.75) is 45.2 Å². The van der Waals surface area contributed by atoms with Gasteiger partial charge in [0.2, 0.25) is 0 Å². The van der Waals surface area contributed by atoms with E-state index in [0.29, 0.717) is 24.3 Å². The molecular formula is C13H20ClN3O. The molecule has 0 aromatic carbocycles. The fourth-order valence-corrected chi connectivity index (χ4v) is 2.39. The average molecular weight is 270 g/mol. The van der Waals surface area contributed by atoms with Crippen LogP contribution in [-0.2, 0) is 6.54 Å². The molecule has 1 aromatic rings. The van der Waals surface area contributed by atoms with Crippen molar-refractivity contribution in [1.82, 2.24) is 9.55 Å². The second-order valence-corrected chi connectivity index (χ2v) is 5.04. The SMILES string of the molecule is CCn1ccnc(N(CCCCl)C2CCC2)c1=O. The summed E-state index contributed by atoms with van der Waals surface area (Å²) in [4.78, 5) is 18.7. The van der Waals surface area contributed by atoms with E-state index in [1.807, 2.05) is 6.92 Å². The van der Waals surface area contributed by atoms with Crippen molar-refractivity contribution in [2.75, 3.05) is 17.3 Å². The Hall–Kier alpha value is -1.03. The number of aromatic nitrogens is 2. The van der Waals surface area contributed by atoms with Gasteiger partial charge >= 0.3 is 0 Å². The second-order valence-electron chi connectivity index (χ2n) is 4.66. The van der Waals surface area contributed by atoms with Gasteiger partial charge in [0.1, 0.15) is 0 Å². The third kappa shape index (κ3) is 2.69. The first kappa shape index (κ1) is 13.4. The molecule has 0 spiro atoms. The van der Waals surface area contributed by atoms with Gasteiger partial charge in [-0.2, -0.15) is 0 Å². The number of alkyl halides is 1. The minimum absolute atomic E-state index is 0.0153. The Morgan fingerprint density at radius 3 is 2.89 bits per heavy atom. The summed E-state index contributed by atoms with van der Waals surface area (Å²) in [6.45, 7) is 3.48. The molecular weight excluding hydrogens is 250 g/mol. The molecule has 100 valence electrons. The van der Waals surface area contributed by atoms with E-state index in [4.69, 9.17) is 11.6 Å². The average Bonchev–Trinajstić information content (AvgIpc) is 2.32. The van der Waals surface area contributed by atoms with E-state index < -0.39 is 0 Å². The number of halogens is 1. The minimum atomic E-state index is 0.0153. The highest BCUT2D eigenvalue weighted by atomic mass is 35.5. The van der Waals surface area contributed by atoms with Gasteiger partial charge in [-0.15, -0.1) is 11.6 Å². The number of anilines is 1. The van der Waals surface area contributed by atoms with Crippen molar-refractivity contribution in [2.24, 2.45) is 0 Å². The minimum Gasteiger partial charge on any atom is -0.349 e. The van der Waals surface area contributed by atoms with Crippen molar-refractivity contribution >= 4 is 17.4 Å². The highest BCUT2D eigenvalue weighted by molar-refractivity contribution is 6.17. The van der Waals surface area contributed by atoms with Gasteiger partial charge in [0.15, 0.2) is 5.82 Å². The van der Waals surface area contributed by atoms with E-state index in [9.17, 15) is 4.79 Å². The summed E-state index contributed by atoms with van der Waals surface area (Å²) in [7, 11) is 0. The zero-order valence-electron chi connectivity index (χ0n) is 10.8. The summed E-state index contributed by atoms with van der Waals surface area (Å²) in [5.41, 5.74) is 0.0153. The van der Waals surface area contributed by atoms with Crippen LogP contribution in [0.5, 0.6) is 0 Å². The number of nitrogens with zero attached hydrogens (tertiary/aromatic N) is 3. The Morgan fingerprint density at radius 2 is 2.33 bits per heavy atom. The maximum Gasteiger partial charge on any atom is 0.293 e. The standard InChI is InChI=1S/C13H20ClN3O/c1-2-16-10-8-15-12(13(16)18)17(9-4-7-14)11-5-3-6-11/h8,10-11H,2-7,9H2,1H3.